The van der Waals surface area contributed by atoms with Crippen molar-refractivity contribution in [1.29, 1.82) is 0 Å². The van der Waals surface area contributed by atoms with Gasteiger partial charge in [-0.3, -0.25) is 14.5 Å². The van der Waals surface area contributed by atoms with E-state index in [2.05, 4.69) is 12.2 Å². The van der Waals surface area contributed by atoms with Crippen LogP contribution in [0.1, 0.15) is 30.8 Å². The molecule has 0 radical (unpaired) electrons. The van der Waals surface area contributed by atoms with E-state index in [0.717, 1.165) is 5.76 Å². The van der Waals surface area contributed by atoms with Crippen LogP contribution in [0.15, 0.2) is 46.9 Å². The summed E-state index contributed by atoms with van der Waals surface area (Å²) in [5.74, 6) is 2.81. The Bertz CT molecular complexity index is 947. The maximum atomic E-state index is 12.5. The van der Waals surface area contributed by atoms with E-state index in [-0.39, 0.29) is 18.4 Å². The Hall–Kier alpha value is -2.57. The number of hydrogen-bond acceptors (Lipinski definition) is 4. The van der Waals surface area contributed by atoms with Gasteiger partial charge in [0.15, 0.2) is 0 Å². The number of hydrogen-bond donors (Lipinski definition) is 1. The van der Waals surface area contributed by atoms with E-state index in [1.807, 2.05) is 29.2 Å². The Kier molecular flexibility index (Phi) is 6.25. The summed E-state index contributed by atoms with van der Waals surface area (Å²) in [7, 11) is 0. The van der Waals surface area contributed by atoms with E-state index in [1.165, 1.54) is 6.42 Å². The molecule has 1 N–H and O–H groups in total. The van der Waals surface area contributed by atoms with Crippen LogP contribution in [-0.4, -0.2) is 54.3 Å². The van der Waals surface area contributed by atoms with Gasteiger partial charge in [0.2, 0.25) is 11.8 Å². The van der Waals surface area contributed by atoms with E-state index < -0.39 is 0 Å². The van der Waals surface area contributed by atoms with Crippen LogP contribution in [0.2, 0.25) is 5.02 Å². The van der Waals surface area contributed by atoms with E-state index in [1.54, 1.807) is 29.2 Å². The first kappa shape index (κ1) is 20.7. The molecule has 0 spiro atoms. The lowest BCUT2D eigenvalue weighted by molar-refractivity contribution is -0.127. The molecule has 0 bridgehead atoms. The molecule has 2 heterocycles. The van der Waals surface area contributed by atoms with Crippen molar-refractivity contribution in [3.8, 4) is 0 Å². The lowest BCUT2D eigenvalue weighted by atomic mass is 10.2. The molecule has 0 unspecified atom stereocenters. The fourth-order valence-electron chi connectivity index (χ4n) is 3.72. The molecule has 6 nitrogen and oxygen atoms in total. The zero-order valence-electron chi connectivity index (χ0n) is 17.0. The largest absolute Gasteiger partial charge is 0.461 e. The molecule has 1 aromatic heterocycles. The van der Waals surface area contributed by atoms with Crippen molar-refractivity contribution >= 4 is 35.2 Å². The molecule has 2 atom stereocenters. The number of para-hydroxylation sites is 1. The molecule has 7 heteroatoms. The van der Waals surface area contributed by atoms with Crippen LogP contribution in [0.5, 0.6) is 0 Å². The number of nitrogens with one attached hydrogen (secondary N) is 1. The van der Waals surface area contributed by atoms with Crippen LogP contribution in [0, 0.1) is 5.92 Å². The Labute approximate surface area is 181 Å². The molecule has 1 saturated carbocycles. The molecular formula is C23H26ClN3O3. The quantitative estimate of drug-likeness (QED) is 0.711. The highest BCUT2D eigenvalue weighted by atomic mass is 35.5. The highest BCUT2D eigenvalue weighted by Crippen LogP contribution is 2.47. The molecule has 1 aromatic carbocycles. The third-order valence-electron chi connectivity index (χ3n) is 5.71. The third kappa shape index (κ3) is 5.12. The first-order chi connectivity index (χ1) is 14.5. The maximum Gasteiger partial charge on any atom is 0.246 e. The van der Waals surface area contributed by atoms with Crippen LogP contribution >= 0.6 is 11.6 Å². The second-order valence-corrected chi connectivity index (χ2v) is 8.43. The number of halogens is 1. The van der Waals surface area contributed by atoms with Crippen molar-refractivity contribution in [3.05, 3.63) is 59.0 Å². The van der Waals surface area contributed by atoms with E-state index in [4.69, 9.17) is 16.0 Å². The summed E-state index contributed by atoms with van der Waals surface area (Å²) in [6, 6.07) is 11.1. The minimum absolute atomic E-state index is 0.0343. The van der Waals surface area contributed by atoms with Crippen LogP contribution in [0.25, 0.3) is 6.08 Å². The molecule has 1 saturated heterocycles. The Morgan fingerprint density at radius 1 is 1.17 bits per heavy atom. The zero-order valence-corrected chi connectivity index (χ0v) is 17.8. The second kappa shape index (κ2) is 9.06. The monoisotopic (exact) mass is 427 g/mol. The molecule has 1 aliphatic carbocycles. The second-order valence-electron chi connectivity index (χ2n) is 8.02. The third-order valence-corrected chi connectivity index (χ3v) is 6.04. The van der Waals surface area contributed by atoms with Crippen molar-refractivity contribution in [3.63, 3.8) is 0 Å². The Morgan fingerprint density at radius 2 is 1.90 bits per heavy atom. The summed E-state index contributed by atoms with van der Waals surface area (Å²) in [5.41, 5.74) is 0.611. The van der Waals surface area contributed by atoms with E-state index in [0.29, 0.717) is 54.5 Å². The van der Waals surface area contributed by atoms with Gasteiger partial charge in [-0.1, -0.05) is 30.7 Å². The summed E-state index contributed by atoms with van der Waals surface area (Å²) >= 11 is 6.08. The number of amides is 2. The van der Waals surface area contributed by atoms with Crippen molar-refractivity contribution in [1.82, 2.24) is 9.80 Å². The average molecular weight is 428 g/mol. The normalized spacial score (nSPS) is 21.7. The fourth-order valence-corrected chi connectivity index (χ4v) is 3.90. The summed E-state index contributed by atoms with van der Waals surface area (Å²) in [5, 5.41) is 3.35. The standard InChI is InChI=1S/C23H26ClN3O3/c1-16-14-18(16)21-8-6-17(30-21)7-9-23(29)27-12-10-26(11-13-27)15-22(28)25-20-5-3-2-4-19(20)24/h2-9,16,18H,10-15H2,1H3,(H,25,28)/b9-7+/t16-,18-/m1/s1. The van der Waals surface area contributed by atoms with Gasteiger partial charge in [0.25, 0.3) is 0 Å². The molecular weight excluding hydrogens is 402 g/mol. The highest BCUT2D eigenvalue weighted by Gasteiger charge is 2.36. The van der Waals surface area contributed by atoms with Gasteiger partial charge in [-0.25, -0.2) is 0 Å². The zero-order chi connectivity index (χ0) is 21.1. The number of benzene rings is 1. The molecule has 4 rings (SSSR count). The van der Waals surface area contributed by atoms with Gasteiger partial charge >= 0.3 is 0 Å². The molecule has 2 aliphatic rings. The minimum atomic E-state index is -0.110. The molecule has 2 amide bonds. The van der Waals surface area contributed by atoms with Crippen molar-refractivity contribution in [2.45, 2.75) is 19.3 Å². The predicted molar refractivity (Wildman–Crippen MR) is 117 cm³/mol. The highest BCUT2D eigenvalue weighted by molar-refractivity contribution is 6.33. The number of piperazine rings is 1. The fraction of sp³-hybridized carbons (Fsp3) is 0.391. The van der Waals surface area contributed by atoms with Gasteiger partial charge in [0, 0.05) is 38.2 Å². The van der Waals surface area contributed by atoms with E-state index >= 15 is 0 Å². The van der Waals surface area contributed by atoms with Crippen LogP contribution < -0.4 is 5.32 Å². The average Bonchev–Trinajstić information content (AvgIpc) is 3.28. The maximum absolute atomic E-state index is 12.5. The van der Waals surface area contributed by atoms with Gasteiger partial charge in [-0.2, -0.15) is 0 Å². The number of furan rings is 1. The minimum Gasteiger partial charge on any atom is -0.461 e. The number of rotatable bonds is 6. The first-order valence-corrected chi connectivity index (χ1v) is 10.7. The summed E-state index contributed by atoms with van der Waals surface area (Å²) in [6.07, 6.45) is 4.48. The Morgan fingerprint density at radius 3 is 2.60 bits per heavy atom. The topological polar surface area (TPSA) is 65.8 Å². The number of carbonyl (C=O) groups is 2. The summed E-state index contributed by atoms with van der Waals surface area (Å²) < 4.78 is 5.81. The van der Waals surface area contributed by atoms with Crippen LogP contribution in [0.4, 0.5) is 5.69 Å². The van der Waals surface area contributed by atoms with Crippen molar-refractivity contribution in [2.75, 3.05) is 38.0 Å². The summed E-state index contributed by atoms with van der Waals surface area (Å²) in [4.78, 5) is 28.6. The molecule has 1 aliphatic heterocycles. The Balaban J connectivity index is 1.22. The number of carbonyl (C=O) groups excluding carboxylic acids is 2. The number of anilines is 1. The molecule has 30 heavy (non-hydrogen) atoms. The predicted octanol–water partition coefficient (Wildman–Crippen LogP) is 3.85. The molecule has 158 valence electrons. The first-order valence-electron chi connectivity index (χ1n) is 10.3. The van der Waals surface area contributed by atoms with Crippen molar-refractivity contribution in [2.24, 2.45) is 5.92 Å². The van der Waals surface area contributed by atoms with Crippen molar-refractivity contribution < 1.29 is 14.0 Å². The number of nitrogens with zero attached hydrogens (tertiary/aromatic N) is 2. The van der Waals surface area contributed by atoms with Gasteiger partial charge in [0.1, 0.15) is 11.5 Å². The van der Waals surface area contributed by atoms with E-state index in [9.17, 15) is 9.59 Å². The van der Waals surface area contributed by atoms with Gasteiger partial charge in [-0.15, -0.1) is 0 Å². The SMILES string of the molecule is C[C@@H]1C[C@H]1c1ccc(/C=C/C(=O)N2CCN(CC(=O)Nc3ccccc3Cl)CC2)o1. The lowest BCUT2D eigenvalue weighted by Crippen LogP contribution is -2.50. The van der Waals surface area contributed by atoms with Gasteiger partial charge < -0.3 is 14.6 Å². The smallest absolute Gasteiger partial charge is 0.246 e. The lowest BCUT2D eigenvalue weighted by Gasteiger charge is -2.33. The van der Waals surface area contributed by atoms with Gasteiger partial charge in [-0.05, 0) is 42.7 Å². The van der Waals surface area contributed by atoms with Crippen LogP contribution in [-0.2, 0) is 9.59 Å². The molecule has 2 aromatic rings. The van der Waals surface area contributed by atoms with Crippen LogP contribution in [0.3, 0.4) is 0 Å². The van der Waals surface area contributed by atoms with Gasteiger partial charge in [0.05, 0.1) is 17.3 Å². The molecule has 2 fully saturated rings. The summed E-state index contributed by atoms with van der Waals surface area (Å²) in [6.45, 7) is 4.97.